The van der Waals surface area contributed by atoms with Crippen LogP contribution >= 0.6 is 62.3 Å². The summed E-state index contributed by atoms with van der Waals surface area (Å²) in [6.07, 6.45) is 10.5. The van der Waals surface area contributed by atoms with Crippen LogP contribution in [0.3, 0.4) is 0 Å². The number of benzene rings is 4. The lowest BCUT2D eigenvalue weighted by atomic mass is 9.89. The lowest BCUT2D eigenvalue weighted by Crippen LogP contribution is -2.42. The number of halogens is 5. The standard InChI is InChI=1S/C20H21ClN4O2.C18H23ClN2O2.C13H15ClN2.C11H19NO2.C7H3BrClN.C5H7N3O/c1-24-19(26)3-2-18(23-24)12-20(27)25-6-4-14(5-7-25)8-15-9-16(13-22)11-17(21)10-15;1-18(2,3)23-17(22)21-6-4-13(5-7-21)8-14-9-15(12-20)11-16(19)10-14;14-13-7-11(6-12(8-13)9-15)5-10-1-3-16-4-2-10;1-9-5-7-12(8-6-9)10(13)14-11(2,3)4;8-6-1-5(4-10)2-7(9)3-6;1-8-5(9)3-2-4(6)7-8/h2-3,9-11,14H,4-8,12H2,1H3;9-11,13H,4-8H2,1-3H3;6-8,10,16H,1-5H2;1,5-8H2,2-4H3;1-3H;2-3H,1H3,(H2,6,7). The summed E-state index contributed by atoms with van der Waals surface area (Å²) in [5, 5.41) is 49.0. The molecule has 25 heteroatoms. The number of carbonyl (C=O) groups excluding carboxylic acids is 3. The van der Waals surface area contributed by atoms with Crippen molar-refractivity contribution in [2.45, 2.75) is 130 Å². The molecule has 99 heavy (non-hydrogen) atoms. The topological polar surface area (TPSA) is 282 Å². The number of ether oxygens (including phenoxy) is 2. The zero-order valence-corrected chi connectivity index (χ0v) is 62.2. The quantitative estimate of drug-likeness (QED) is 0.134. The first-order chi connectivity index (χ1) is 46.8. The second-order valence-electron chi connectivity index (χ2n) is 26.6. The predicted octanol–water partition coefficient (Wildman–Crippen LogP) is 14.4. The molecule has 0 saturated carbocycles. The third-order valence-electron chi connectivity index (χ3n) is 16.0. The van der Waals surface area contributed by atoms with Crippen molar-refractivity contribution in [3.63, 3.8) is 0 Å². The molecule has 0 atom stereocenters. The third kappa shape index (κ3) is 30.8. The van der Waals surface area contributed by atoms with Crippen LogP contribution in [0, 0.1) is 63.1 Å². The van der Waals surface area contributed by atoms with Crippen LogP contribution in [0.2, 0.25) is 20.1 Å². The van der Waals surface area contributed by atoms with E-state index in [2.05, 4.69) is 56.2 Å². The fraction of sp³-hybridized carbons (Fsp3) is 0.446. The molecular weight excluding hydrogens is 1400 g/mol. The van der Waals surface area contributed by atoms with Crippen LogP contribution in [0.4, 0.5) is 15.4 Å². The van der Waals surface area contributed by atoms with E-state index in [1.54, 1.807) is 66.4 Å². The van der Waals surface area contributed by atoms with Gasteiger partial charge in [0.05, 0.1) is 58.6 Å². The SMILES string of the molecule is C=C1CCN(C(=O)OC(C)(C)C)CC1.CC(C)(C)OC(=O)N1CCC(Cc2cc(Cl)cc(C#N)c2)CC1.Cn1nc(CC(=O)N2CCC(Cc3cc(Cl)cc(C#N)c3)CC2)ccc1=O.Cn1nc(N)ccc1=O.N#Cc1cc(Cl)cc(Br)c1.N#Cc1cc(Cl)cc(CC2CCNCC2)c1. The zero-order valence-electron chi connectivity index (χ0n) is 57.6. The summed E-state index contributed by atoms with van der Waals surface area (Å²) in [5.74, 6) is 2.09. The van der Waals surface area contributed by atoms with Crippen LogP contribution in [0.1, 0.15) is 138 Å². The van der Waals surface area contributed by atoms with Crippen molar-refractivity contribution in [3.05, 3.63) is 199 Å². The number of rotatable bonds is 8. The average molecular weight is 1490 g/mol. The number of aryl methyl sites for hydroxylation is 2. The highest BCUT2D eigenvalue weighted by Gasteiger charge is 2.29. The number of nitrogen functional groups attached to an aromatic ring is 1. The molecule has 6 heterocycles. The number of nitrogens with two attached hydrogens (primary N) is 1. The summed E-state index contributed by atoms with van der Waals surface area (Å²) in [6.45, 7) is 21.7. The highest BCUT2D eigenvalue weighted by atomic mass is 79.9. The summed E-state index contributed by atoms with van der Waals surface area (Å²) in [4.78, 5) is 63.5. The summed E-state index contributed by atoms with van der Waals surface area (Å²) in [6, 6.07) is 36.0. The van der Waals surface area contributed by atoms with E-state index in [0.717, 1.165) is 105 Å². The van der Waals surface area contributed by atoms with Gasteiger partial charge in [0.15, 0.2) is 0 Å². The third-order valence-corrected chi connectivity index (χ3v) is 17.3. The molecule has 10 rings (SSSR count). The van der Waals surface area contributed by atoms with Gasteiger partial charge in [0.1, 0.15) is 17.0 Å². The van der Waals surface area contributed by atoms with Gasteiger partial charge in [-0.2, -0.15) is 31.2 Å². The van der Waals surface area contributed by atoms with Crippen molar-refractivity contribution >= 4 is 86.2 Å². The molecule has 4 aliphatic rings. The van der Waals surface area contributed by atoms with Gasteiger partial charge in [-0.1, -0.05) is 74.5 Å². The number of nitrogens with zero attached hydrogens (tertiary/aromatic N) is 11. The fourth-order valence-corrected chi connectivity index (χ4v) is 12.6. The summed E-state index contributed by atoms with van der Waals surface area (Å²) in [5.41, 5.74) is 11.7. The fourth-order valence-electron chi connectivity index (χ4n) is 11.0. The van der Waals surface area contributed by atoms with E-state index in [1.165, 1.54) is 51.5 Å². The molecule has 6 aromatic rings. The number of aromatic nitrogens is 4. The molecule has 4 fully saturated rings. The summed E-state index contributed by atoms with van der Waals surface area (Å²) >= 11 is 27.0. The Bertz CT molecular complexity index is 4000. The Kier molecular flexibility index (Phi) is 33.0. The molecule has 4 aromatic carbocycles. The number of carbonyl (C=O) groups is 3. The average Bonchev–Trinajstić information content (AvgIpc) is 2.43. The molecule has 20 nitrogen and oxygen atoms in total. The minimum absolute atomic E-state index is 0.0362. The molecule has 3 amide bonds. The number of hydrogen-bond donors (Lipinski definition) is 2. The van der Waals surface area contributed by atoms with Crippen LogP contribution in [0.25, 0.3) is 0 Å². The van der Waals surface area contributed by atoms with Crippen LogP contribution in [0.15, 0.2) is 123 Å². The summed E-state index contributed by atoms with van der Waals surface area (Å²) in [7, 11) is 3.13. The largest absolute Gasteiger partial charge is 0.444 e. The smallest absolute Gasteiger partial charge is 0.410 e. The molecule has 2 aromatic heterocycles. The van der Waals surface area contributed by atoms with Gasteiger partial charge in [0.25, 0.3) is 11.1 Å². The highest BCUT2D eigenvalue weighted by Crippen LogP contribution is 2.28. The number of anilines is 1. The van der Waals surface area contributed by atoms with Crippen molar-refractivity contribution in [2.24, 2.45) is 31.8 Å². The number of nitriles is 4. The lowest BCUT2D eigenvalue weighted by Gasteiger charge is -2.33. The Labute approximate surface area is 609 Å². The van der Waals surface area contributed by atoms with Crippen molar-refractivity contribution in [3.8, 4) is 24.3 Å². The first-order valence-corrected chi connectivity index (χ1v) is 35.0. The Hall–Kier alpha value is -8.25. The molecule has 3 N–H and O–H groups in total. The van der Waals surface area contributed by atoms with E-state index in [1.807, 2.05) is 88.9 Å². The van der Waals surface area contributed by atoms with Crippen molar-refractivity contribution in [1.29, 1.82) is 21.0 Å². The monoisotopic (exact) mass is 1490 g/mol. The van der Waals surface area contributed by atoms with Gasteiger partial charge >= 0.3 is 12.2 Å². The molecule has 0 radical (unpaired) electrons. The van der Waals surface area contributed by atoms with E-state index >= 15 is 0 Å². The molecular formula is C74H88BrCl4N13O7. The van der Waals surface area contributed by atoms with Gasteiger partial charge in [-0.05, 0) is 245 Å². The molecule has 0 bridgehead atoms. The Morgan fingerprint density at radius 1 is 0.545 bits per heavy atom. The first-order valence-electron chi connectivity index (χ1n) is 32.7. The van der Waals surface area contributed by atoms with E-state index in [9.17, 15) is 24.0 Å². The Morgan fingerprint density at radius 3 is 1.28 bits per heavy atom. The van der Waals surface area contributed by atoms with Gasteiger partial charge < -0.3 is 35.2 Å². The Morgan fingerprint density at radius 2 is 0.909 bits per heavy atom. The minimum atomic E-state index is -0.456. The van der Waals surface area contributed by atoms with Gasteiger partial charge in [0, 0.05) is 90.1 Å². The minimum Gasteiger partial charge on any atom is -0.444 e. The number of nitrogens with one attached hydrogen (secondary N) is 1. The second kappa shape index (κ2) is 40.1. The van der Waals surface area contributed by atoms with Crippen molar-refractivity contribution in [2.75, 3.05) is 58.1 Å². The zero-order chi connectivity index (χ0) is 73.0. The van der Waals surface area contributed by atoms with Gasteiger partial charge in [-0.25, -0.2) is 19.0 Å². The van der Waals surface area contributed by atoms with Crippen LogP contribution in [-0.2, 0) is 54.0 Å². The van der Waals surface area contributed by atoms with E-state index in [-0.39, 0.29) is 35.6 Å². The molecule has 4 aliphatic heterocycles. The van der Waals surface area contributed by atoms with Gasteiger partial charge in [-0.3, -0.25) is 14.4 Å². The van der Waals surface area contributed by atoms with E-state index in [4.69, 9.17) is 82.7 Å². The normalized spacial score (nSPS) is 14.8. The van der Waals surface area contributed by atoms with Crippen molar-refractivity contribution in [1.82, 2.24) is 39.6 Å². The number of piperidine rings is 4. The van der Waals surface area contributed by atoms with Gasteiger partial charge in [-0.15, -0.1) is 0 Å². The lowest BCUT2D eigenvalue weighted by molar-refractivity contribution is -0.131. The number of likely N-dealkylation sites (tertiary alicyclic amines) is 3. The van der Waals surface area contributed by atoms with E-state index in [0.29, 0.717) is 91.9 Å². The summed E-state index contributed by atoms with van der Waals surface area (Å²) < 4.78 is 13.9. The number of amides is 3. The number of hydrogen-bond acceptors (Lipinski definition) is 15. The van der Waals surface area contributed by atoms with Gasteiger partial charge in [0.2, 0.25) is 5.91 Å². The van der Waals surface area contributed by atoms with Crippen molar-refractivity contribution < 1.29 is 23.9 Å². The maximum Gasteiger partial charge on any atom is 0.410 e. The molecule has 4 saturated heterocycles. The molecule has 0 aliphatic carbocycles. The first kappa shape index (κ1) is 81.4. The Balaban J connectivity index is 0.000000223. The van der Waals surface area contributed by atoms with Crippen LogP contribution in [-0.4, -0.2) is 116 Å². The van der Waals surface area contributed by atoms with E-state index < -0.39 is 11.2 Å². The van der Waals surface area contributed by atoms with Crippen LogP contribution in [0.5, 0.6) is 0 Å². The molecule has 526 valence electrons. The molecule has 0 unspecified atom stereocenters. The second-order valence-corrected chi connectivity index (χ2v) is 29.3. The highest BCUT2D eigenvalue weighted by molar-refractivity contribution is 9.10. The predicted molar refractivity (Wildman–Crippen MR) is 392 cm³/mol. The molecule has 0 spiro atoms. The maximum atomic E-state index is 12.5. The maximum absolute atomic E-state index is 12.5. The van der Waals surface area contributed by atoms with Crippen LogP contribution < -0.4 is 22.2 Å².